The van der Waals surface area contributed by atoms with Gasteiger partial charge in [0.2, 0.25) is 5.88 Å². The Kier molecular flexibility index (Phi) is 6.59. The topological polar surface area (TPSA) is 48.4 Å². The molecule has 1 aromatic carbocycles. The Hall–Kier alpha value is -2.28. The summed E-state index contributed by atoms with van der Waals surface area (Å²) >= 11 is 5.89. The number of benzene rings is 1. The molecule has 0 spiro atoms. The lowest BCUT2D eigenvalue weighted by atomic mass is 10.0. The minimum Gasteiger partial charge on any atom is -0.465 e. The maximum Gasteiger partial charge on any atom is 0.425 e. The summed E-state index contributed by atoms with van der Waals surface area (Å²) in [5, 5.41) is 0.479. The molecule has 0 aliphatic carbocycles. The van der Waals surface area contributed by atoms with E-state index in [-0.39, 0.29) is 12.3 Å². The molecule has 0 aliphatic rings. The van der Waals surface area contributed by atoms with E-state index in [1.54, 1.807) is 51.1 Å². The van der Waals surface area contributed by atoms with Gasteiger partial charge in [-0.05, 0) is 57.0 Å². The summed E-state index contributed by atoms with van der Waals surface area (Å²) in [5.74, 6) is -0.645. The van der Waals surface area contributed by atoms with Gasteiger partial charge in [-0.2, -0.15) is 13.2 Å². The predicted octanol–water partition coefficient (Wildman–Crippen LogP) is 5.62. The Morgan fingerprint density at radius 3 is 2.32 bits per heavy atom. The van der Waals surface area contributed by atoms with Crippen molar-refractivity contribution in [3.05, 3.63) is 47.1 Å². The summed E-state index contributed by atoms with van der Waals surface area (Å²) in [6.45, 7) is 6.15. The highest BCUT2D eigenvalue weighted by Gasteiger charge is 2.38. The van der Waals surface area contributed by atoms with Gasteiger partial charge in [0, 0.05) is 16.8 Å². The number of rotatable bonds is 5. The van der Waals surface area contributed by atoms with Crippen LogP contribution < -0.4 is 4.74 Å². The zero-order valence-corrected chi connectivity index (χ0v) is 16.7. The summed E-state index contributed by atoms with van der Waals surface area (Å²) in [7, 11) is 0. The molecule has 28 heavy (non-hydrogen) atoms. The van der Waals surface area contributed by atoms with E-state index in [1.165, 1.54) is 6.20 Å². The van der Waals surface area contributed by atoms with Gasteiger partial charge in [-0.3, -0.25) is 4.79 Å². The largest absolute Gasteiger partial charge is 0.465 e. The van der Waals surface area contributed by atoms with Crippen molar-refractivity contribution in [3.8, 4) is 17.0 Å². The minimum absolute atomic E-state index is 0.0695. The average molecular weight is 416 g/mol. The van der Waals surface area contributed by atoms with Gasteiger partial charge in [0.1, 0.15) is 5.60 Å². The highest BCUT2D eigenvalue weighted by molar-refractivity contribution is 6.30. The number of hydrogen-bond acceptors (Lipinski definition) is 4. The molecule has 0 aliphatic heterocycles. The van der Waals surface area contributed by atoms with Crippen LogP contribution in [0, 0.1) is 0 Å². The van der Waals surface area contributed by atoms with E-state index in [4.69, 9.17) is 21.1 Å². The summed E-state index contributed by atoms with van der Waals surface area (Å²) in [6.07, 6.45) is -5.33. The van der Waals surface area contributed by atoms with Crippen molar-refractivity contribution in [3.63, 3.8) is 0 Å². The number of aromatic nitrogens is 1. The Balaban J connectivity index is 2.37. The zero-order chi connectivity index (χ0) is 21.1. The molecule has 0 N–H and O–H groups in total. The van der Waals surface area contributed by atoms with Gasteiger partial charge in [0.15, 0.2) is 6.10 Å². The second kappa shape index (κ2) is 8.39. The van der Waals surface area contributed by atoms with Gasteiger partial charge in [0.05, 0.1) is 6.42 Å². The molecule has 0 bridgehead atoms. The summed E-state index contributed by atoms with van der Waals surface area (Å²) in [4.78, 5) is 16.1. The van der Waals surface area contributed by atoms with Crippen molar-refractivity contribution in [2.24, 2.45) is 0 Å². The molecule has 152 valence electrons. The number of carbonyl (C=O) groups is 1. The lowest BCUT2D eigenvalue weighted by molar-refractivity contribution is -0.189. The van der Waals surface area contributed by atoms with Crippen LogP contribution in [0.25, 0.3) is 11.1 Å². The third-order valence-electron chi connectivity index (χ3n) is 3.58. The SMILES string of the molecule is C[C@H](Oc1ncc(CC(=O)OC(C)(C)C)cc1-c1ccc(Cl)cc1)C(F)(F)F. The van der Waals surface area contributed by atoms with Gasteiger partial charge >= 0.3 is 12.1 Å². The first kappa shape index (κ1) is 22.0. The zero-order valence-electron chi connectivity index (χ0n) is 15.9. The normalized spacial score (nSPS) is 13.1. The molecule has 8 heteroatoms. The first-order valence-corrected chi connectivity index (χ1v) is 8.93. The molecule has 2 aromatic rings. The molecule has 2 rings (SSSR count). The van der Waals surface area contributed by atoms with Crippen LogP contribution in [0.5, 0.6) is 5.88 Å². The first-order valence-electron chi connectivity index (χ1n) is 8.55. The number of halogens is 4. The van der Waals surface area contributed by atoms with Crippen molar-refractivity contribution >= 4 is 17.6 Å². The fourth-order valence-electron chi connectivity index (χ4n) is 2.30. The van der Waals surface area contributed by atoms with Gasteiger partial charge in [-0.15, -0.1) is 0 Å². The molecule has 1 heterocycles. The Labute approximate surface area is 166 Å². The lowest BCUT2D eigenvalue weighted by Gasteiger charge is -2.20. The van der Waals surface area contributed by atoms with Crippen molar-refractivity contribution < 1.29 is 27.4 Å². The summed E-state index contributed by atoms with van der Waals surface area (Å²) in [6, 6.07) is 8.06. The molecular weight excluding hydrogens is 395 g/mol. The van der Waals surface area contributed by atoms with Gasteiger partial charge in [0.25, 0.3) is 0 Å². The number of ether oxygens (including phenoxy) is 2. The number of alkyl halides is 3. The van der Waals surface area contributed by atoms with E-state index in [2.05, 4.69) is 4.98 Å². The van der Waals surface area contributed by atoms with Crippen LogP contribution in [0.15, 0.2) is 36.5 Å². The van der Waals surface area contributed by atoms with Crippen molar-refractivity contribution in [1.29, 1.82) is 0 Å². The number of esters is 1. The maximum absolute atomic E-state index is 12.9. The highest BCUT2D eigenvalue weighted by atomic mass is 35.5. The van der Waals surface area contributed by atoms with E-state index in [0.29, 0.717) is 21.7 Å². The van der Waals surface area contributed by atoms with Crippen LogP contribution in [0.4, 0.5) is 13.2 Å². The second-order valence-electron chi connectivity index (χ2n) is 7.27. The lowest BCUT2D eigenvalue weighted by Crippen LogP contribution is -2.31. The third-order valence-corrected chi connectivity index (χ3v) is 3.83. The Morgan fingerprint density at radius 1 is 1.18 bits per heavy atom. The second-order valence-corrected chi connectivity index (χ2v) is 7.70. The molecule has 1 atom stereocenters. The Morgan fingerprint density at radius 2 is 1.79 bits per heavy atom. The van der Waals surface area contributed by atoms with Crippen LogP contribution in [0.1, 0.15) is 33.3 Å². The fraction of sp³-hybridized carbons (Fsp3) is 0.400. The van der Waals surface area contributed by atoms with Crippen LogP contribution >= 0.6 is 11.6 Å². The van der Waals surface area contributed by atoms with E-state index >= 15 is 0 Å². The number of pyridine rings is 1. The third kappa shape index (κ3) is 6.41. The maximum atomic E-state index is 12.9. The van der Waals surface area contributed by atoms with E-state index in [1.807, 2.05) is 0 Å². The average Bonchev–Trinajstić information content (AvgIpc) is 2.54. The number of hydrogen-bond donors (Lipinski definition) is 0. The monoisotopic (exact) mass is 415 g/mol. The molecule has 0 saturated carbocycles. The molecule has 0 unspecified atom stereocenters. The van der Waals surface area contributed by atoms with Gasteiger partial charge < -0.3 is 9.47 Å². The molecule has 0 amide bonds. The minimum atomic E-state index is -4.53. The molecule has 0 saturated heterocycles. The fourth-order valence-corrected chi connectivity index (χ4v) is 2.43. The van der Waals surface area contributed by atoms with Crippen molar-refractivity contribution in [2.75, 3.05) is 0 Å². The van der Waals surface area contributed by atoms with Gasteiger partial charge in [-0.1, -0.05) is 23.7 Å². The van der Waals surface area contributed by atoms with Crippen LogP contribution in [-0.2, 0) is 16.0 Å². The van der Waals surface area contributed by atoms with E-state index in [9.17, 15) is 18.0 Å². The number of carbonyl (C=O) groups excluding carboxylic acids is 1. The smallest absolute Gasteiger partial charge is 0.425 e. The van der Waals surface area contributed by atoms with Crippen LogP contribution in [-0.4, -0.2) is 28.8 Å². The summed E-state index contributed by atoms with van der Waals surface area (Å²) < 4.78 is 49.0. The van der Waals surface area contributed by atoms with Crippen molar-refractivity contribution in [1.82, 2.24) is 4.98 Å². The molecule has 1 aromatic heterocycles. The molecular formula is C20H21ClF3NO3. The predicted molar refractivity (Wildman–Crippen MR) is 100 cm³/mol. The molecule has 0 radical (unpaired) electrons. The molecule has 4 nitrogen and oxygen atoms in total. The standard InChI is InChI=1S/C20H21ClF3NO3/c1-12(20(22,23)24)27-18-16(14-5-7-15(21)8-6-14)9-13(11-25-18)10-17(26)28-19(2,3)4/h5-9,11-12H,10H2,1-4H3/t12-/m0/s1. The van der Waals surface area contributed by atoms with Crippen LogP contribution in [0.3, 0.4) is 0 Å². The van der Waals surface area contributed by atoms with Crippen molar-refractivity contribution in [2.45, 2.75) is 52.0 Å². The van der Waals surface area contributed by atoms with E-state index < -0.39 is 23.9 Å². The number of nitrogens with zero attached hydrogens (tertiary/aromatic N) is 1. The quantitative estimate of drug-likeness (QED) is 0.595. The van der Waals surface area contributed by atoms with Crippen LogP contribution in [0.2, 0.25) is 5.02 Å². The first-order chi connectivity index (χ1) is 12.8. The summed E-state index contributed by atoms with van der Waals surface area (Å²) in [5.41, 5.74) is 0.738. The highest BCUT2D eigenvalue weighted by Crippen LogP contribution is 2.33. The Bertz CT molecular complexity index is 830. The van der Waals surface area contributed by atoms with E-state index in [0.717, 1.165) is 6.92 Å². The van der Waals surface area contributed by atoms with Gasteiger partial charge in [-0.25, -0.2) is 4.98 Å². The molecule has 0 fully saturated rings.